The maximum absolute atomic E-state index is 12.0. The van der Waals surface area contributed by atoms with Crippen LogP contribution in [0.5, 0.6) is 5.75 Å². The summed E-state index contributed by atoms with van der Waals surface area (Å²) < 4.78 is 31.6. The van der Waals surface area contributed by atoms with Crippen LogP contribution in [0.15, 0.2) is 23.1 Å². The second-order valence-corrected chi connectivity index (χ2v) is 5.65. The van der Waals surface area contributed by atoms with Crippen LogP contribution in [-0.2, 0) is 10.0 Å². The standard InChI is InChI=1S/C12H20N2O3S/c1-4-13-7-8-14-18(15,16)11-5-6-12(17-3)10(2)9-11/h5-6,9,13-14H,4,7-8H2,1-3H3. The van der Waals surface area contributed by atoms with Crippen LogP contribution in [0.25, 0.3) is 0 Å². The van der Waals surface area contributed by atoms with Crippen LogP contribution < -0.4 is 14.8 Å². The van der Waals surface area contributed by atoms with Gasteiger partial charge < -0.3 is 10.1 Å². The summed E-state index contributed by atoms with van der Waals surface area (Å²) in [6.45, 7) is 5.60. The van der Waals surface area contributed by atoms with E-state index >= 15 is 0 Å². The van der Waals surface area contributed by atoms with E-state index in [0.717, 1.165) is 12.1 Å². The van der Waals surface area contributed by atoms with Crippen molar-refractivity contribution in [2.75, 3.05) is 26.7 Å². The minimum Gasteiger partial charge on any atom is -0.496 e. The normalized spacial score (nSPS) is 11.5. The summed E-state index contributed by atoms with van der Waals surface area (Å²) in [7, 11) is -1.87. The number of nitrogens with one attached hydrogen (secondary N) is 2. The number of likely N-dealkylation sites (N-methyl/N-ethyl adjacent to an activating group) is 1. The number of rotatable bonds is 7. The number of ether oxygens (including phenoxy) is 1. The lowest BCUT2D eigenvalue weighted by Crippen LogP contribution is -2.31. The van der Waals surface area contributed by atoms with Gasteiger partial charge in [-0.15, -0.1) is 0 Å². The van der Waals surface area contributed by atoms with Gasteiger partial charge in [0.2, 0.25) is 10.0 Å². The van der Waals surface area contributed by atoms with E-state index in [1.807, 2.05) is 13.8 Å². The van der Waals surface area contributed by atoms with Gasteiger partial charge in [0.1, 0.15) is 5.75 Å². The van der Waals surface area contributed by atoms with Gasteiger partial charge in [0.05, 0.1) is 12.0 Å². The van der Waals surface area contributed by atoms with Gasteiger partial charge in [-0.1, -0.05) is 6.92 Å². The third kappa shape index (κ3) is 3.97. The van der Waals surface area contributed by atoms with Crippen molar-refractivity contribution in [1.82, 2.24) is 10.0 Å². The van der Waals surface area contributed by atoms with Crippen LogP contribution in [0, 0.1) is 6.92 Å². The predicted octanol–water partition coefficient (Wildman–Crippen LogP) is 0.891. The van der Waals surface area contributed by atoms with Crippen molar-refractivity contribution in [3.63, 3.8) is 0 Å². The third-order valence-corrected chi connectivity index (χ3v) is 3.98. The molecule has 1 aromatic rings. The summed E-state index contributed by atoms with van der Waals surface area (Å²) in [4.78, 5) is 0.261. The number of benzene rings is 1. The smallest absolute Gasteiger partial charge is 0.240 e. The Morgan fingerprint density at radius 3 is 2.56 bits per heavy atom. The van der Waals surface area contributed by atoms with Gasteiger partial charge in [-0.3, -0.25) is 0 Å². The van der Waals surface area contributed by atoms with Crippen molar-refractivity contribution in [2.45, 2.75) is 18.7 Å². The van der Waals surface area contributed by atoms with Crippen molar-refractivity contribution in [3.05, 3.63) is 23.8 Å². The first-order valence-corrected chi connectivity index (χ1v) is 7.34. The predicted molar refractivity (Wildman–Crippen MR) is 71.5 cm³/mol. The van der Waals surface area contributed by atoms with Crippen LogP contribution >= 0.6 is 0 Å². The first-order valence-electron chi connectivity index (χ1n) is 5.86. The zero-order chi connectivity index (χ0) is 13.6. The maximum Gasteiger partial charge on any atom is 0.240 e. The molecule has 0 bridgehead atoms. The number of sulfonamides is 1. The Hall–Kier alpha value is -1.11. The van der Waals surface area contributed by atoms with Crippen LogP contribution in [0.2, 0.25) is 0 Å². The molecule has 0 saturated carbocycles. The topological polar surface area (TPSA) is 67.4 Å². The van der Waals surface area contributed by atoms with Crippen LogP contribution in [0.1, 0.15) is 12.5 Å². The largest absolute Gasteiger partial charge is 0.496 e. The Labute approximate surface area is 109 Å². The maximum atomic E-state index is 12.0. The van der Waals surface area contributed by atoms with E-state index in [-0.39, 0.29) is 4.90 Å². The first kappa shape index (κ1) is 14.9. The minimum absolute atomic E-state index is 0.261. The van der Waals surface area contributed by atoms with Crippen molar-refractivity contribution >= 4 is 10.0 Å². The van der Waals surface area contributed by atoms with E-state index in [9.17, 15) is 8.42 Å². The van der Waals surface area contributed by atoms with E-state index in [1.165, 1.54) is 0 Å². The molecule has 0 fully saturated rings. The molecule has 0 aliphatic heterocycles. The summed E-state index contributed by atoms with van der Waals surface area (Å²) >= 11 is 0. The molecule has 0 unspecified atom stereocenters. The quantitative estimate of drug-likeness (QED) is 0.723. The highest BCUT2D eigenvalue weighted by Crippen LogP contribution is 2.20. The Bertz CT molecular complexity index is 486. The summed E-state index contributed by atoms with van der Waals surface area (Å²) in [5, 5.41) is 3.05. The van der Waals surface area contributed by atoms with E-state index in [1.54, 1.807) is 25.3 Å². The van der Waals surface area contributed by atoms with E-state index in [0.29, 0.717) is 18.8 Å². The highest BCUT2D eigenvalue weighted by atomic mass is 32.2. The summed E-state index contributed by atoms with van der Waals surface area (Å²) in [5.41, 5.74) is 0.798. The van der Waals surface area contributed by atoms with Crippen LogP contribution in [-0.4, -0.2) is 35.2 Å². The molecule has 0 spiro atoms. The number of methoxy groups -OCH3 is 1. The van der Waals surface area contributed by atoms with Gasteiger partial charge in [0.15, 0.2) is 0 Å². The molecule has 0 atom stereocenters. The minimum atomic E-state index is -3.43. The number of hydrogen-bond acceptors (Lipinski definition) is 4. The highest BCUT2D eigenvalue weighted by molar-refractivity contribution is 7.89. The zero-order valence-electron chi connectivity index (χ0n) is 11.0. The number of aryl methyl sites for hydroxylation is 1. The molecule has 6 heteroatoms. The van der Waals surface area contributed by atoms with Crippen LogP contribution in [0.3, 0.4) is 0 Å². The fourth-order valence-electron chi connectivity index (χ4n) is 1.55. The number of hydrogen-bond donors (Lipinski definition) is 2. The molecule has 1 rings (SSSR count). The van der Waals surface area contributed by atoms with Gasteiger partial charge in [-0.2, -0.15) is 0 Å². The lowest BCUT2D eigenvalue weighted by atomic mass is 10.2. The molecular weight excluding hydrogens is 252 g/mol. The second-order valence-electron chi connectivity index (χ2n) is 3.88. The van der Waals surface area contributed by atoms with Crippen molar-refractivity contribution < 1.29 is 13.2 Å². The monoisotopic (exact) mass is 272 g/mol. The fraction of sp³-hybridized carbons (Fsp3) is 0.500. The highest BCUT2D eigenvalue weighted by Gasteiger charge is 2.14. The first-order chi connectivity index (χ1) is 8.51. The van der Waals surface area contributed by atoms with Crippen molar-refractivity contribution in [3.8, 4) is 5.75 Å². The summed E-state index contributed by atoms with van der Waals surface area (Å²) in [6, 6.07) is 4.81. The van der Waals surface area contributed by atoms with Crippen molar-refractivity contribution in [2.24, 2.45) is 0 Å². The van der Waals surface area contributed by atoms with Gasteiger partial charge in [0.25, 0.3) is 0 Å². The zero-order valence-corrected chi connectivity index (χ0v) is 11.8. The third-order valence-electron chi connectivity index (χ3n) is 2.52. The average Bonchev–Trinajstić information content (AvgIpc) is 2.34. The molecule has 0 aliphatic carbocycles. The molecule has 18 heavy (non-hydrogen) atoms. The fourth-order valence-corrected chi connectivity index (χ4v) is 2.67. The molecule has 1 aromatic carbocycles. The molecule has 5 nitrogen and oxygen atoms in total. The van der Waals surface area contributed by atoms with Crippen LogP contribution in [0.4, 0.5) is 0 Å². The summed E-state index contributed by atoms with van der Waals surface area (Å²) in [6.07, 6.45) is 0. The van der Waals surface area contributed by atoms with Crippen molar-refractivity contribution in [1.29, 1.82) is 0 Å². The van der Waals surface area contributed by atoms with E-state index < -0.39 is 10.0 Å². The SMILES string of the molecule is CCNCCNS(=O)(=O)c1ccc(OC)c(C)c1. The van der Waals surface area contributed by atoms with Gasteiger partial charge in [0, 0.05) is 13.1 Å². The lowest BCUT2D eigenvalue weighted by Gasteiger charge is -2.09. The van der Waals surface area contributed by atoms with E-state index in [4.69, 9.17) is 4.74 Å². The molecular formula is C12H20N2O3S. The molecule has 0 aliphatic rings. The molecule has 2 N–H and O–H groups in total. The Kier molecular flexibility index (Phi) is 5.58. The molecule has 102 valence electrons. The van der Waals surface area contributed by atoms with Gasteiger partial charge in [-0.05, 0) is 37.2 Å². The second kappa shape index (κ2) is 6.72. The Morgan fingerprint density at radius 2 is 2.00 bits per heavy atom. The molecule has 0 saturated heterocycles. The molecule has 0 heterocycles. The van der Waals surface area contributed by atoms with Gasteiger partial charge in [-0.25, -0.2) is 13.1 Å². The Balaban J connectivity index is 2.76. The average molecular weight is 272 g/mol. The Morgan fingerprint density at radius 1 is 1.28 bits per heavy atom. The van der Waals surface area contributed by atoms with E-state index in [2.05, 4.69) is 10.0 Å². The summed E-state index contributed by atoms with van der Waals surface area (Å²) in [5.74, 6) is 0.682. The molecule has 0 aromatic heterocycles. The molecule has 0 radical (unpaired) electrons. The molecule has 0 amide bonds. The lowest BCUT2D eigenvalue weighted by molar-refractivity contribution is 0.411. The van der Waals surface area contributed by atoms with Gasteiger partial charge >= 0.3 is 0 Å².